The standard InChI is InChI=1S/C14H24ClN5/c1-2-13(4-5-16)19-6-3-7-20(9-8-19)14-17-10-12(15)11-18-14/h10-11,13H,2-9,16H2,1H3. The molecule has 0 radical (unpaired) electrons. The first-order valence-corrected chi connectivity index (χ1v) is 7.79. The zero-order valence-electron chi connectivity index (χ0n) is 12.1. The van der Waals surface area contributed by atoms with Gasteiger partial charge in [0.2, 0.25) is 5.95 Å². The first kappa shape index (κ1) is 15.5. The molecule has 1 aromatic heterocycles. The Morgan fingerprint density at radius 3 is 2.65 bits per heavy atom. The van der Waals surface area contributed by atoms with E-state index in [1.54, 1.807) is 12.4 Å². The fourth-order valence-electron chi connectivity index (χ4n) is 2.81. The Bertz CT molecular complexity index is 397. The van der Waals surface area contributed by atoms with Crippen molar-refractivity contribution < 1.29 is 0 Å². The molecule has 6 heteroatoms. The van der Waals surface area contributed by atoms with Crippen molar-refractivity contribution in [3.8, 4) is 0 Å². The summed E-state index contributed by atoms with van der Waals surface area (Å²) in [6, 6.07) is 0.603. The number of anilines is 1. The lowest BCUT2D eigenvalue weighted by Crippen LogP contribution is -2.39. The molecule has 0 bridgehead atoms. The lowest BCUT2D eigenvalue weighted by molar-refractivity contribution is 0.196. The maximum Gasteiger partial charge on any atom is 0.225 e. The molecule has 2 heterocycles. The highest BCUT2D eigenvalue weighted by Crippen LogP contribution is 2.16. The zero-order valence-corrected chi connectivity index (χ0v) is 12.9. The van der Waals surface area contributed by atoms with E-state index in [0.717, 1.165) is 57.9 Å². The molecule has 20 heavy (non-hydrogen) atoms. The molecule has 0 aromatic carbocycles. The third kappa shape index (κ3) is 4.04. The first-order chi connectivity index (χ1) is 9.74. The number of nitrogens with two attached hydrogens (primary N) is 1. The van der Waals surface area contributed by atoms with Crippen LogP contribution in [0.25, 0.3) is 0 Å². The average molecular weight is 298 g/mol. The summed E-state index contributed by atoms with van der Waals surface area (Å²) >= 11 is 5.84. The van der Waals surface area contributed by atoms with Gasteiger partial charge in [0.1, 0.15) is 0 Å². The summed E-state index contributed by atoms with van der Waals surface area (Å²) in [5.41, 5.74) is 5.71. The van der Waals surface area contributed by atoms with Gasteiger partial charge >= 0.3 is 0 Å². The lowest BCUT2D eigenvalue weighted by Gasteiger charge is -2.29. The van der Waals surface area contributed by atoms with Crippen LogP contribution >= 0.6 is 11.6 Å². The van der Waals surface area contributed by atoms with E-state index < -0.39 is 0 Å². The minimum Gasteiger partial charge on any atom is -0.339 e. The van der Waals surface area contributed by atoms with Gasteiger partial charge in [-0.3, -0.25) is 4.90 Å². The number of rotatable bonds is 5. The van der Waals surface area contributed by atoms with Crippen LogP contribution in [0.4, 0.5) is 5.95 Å². The van der Waals surface area contributed by atoms with Crippen LogP contribution in [0.3, 0.4) is 0 Å². The number of hydrogen-bond donors (Lipinski definition) is 1. The van der Waals surface area contributed by atoms with E-state index in [2.05, 4.69) is 26.7 Å². The molecule has 0 aliphatic carbocycles. The van der Waals surface area contributed by atoms with Crippen LogP contribution in [0.1, 0.15) is 26.2 Å². The average Bonchev–Trinajstić information content (AvgIpc) is 2.71. The van der Waals surface area contributed by atoms with E-state index in [4.69, 9.17) is 17.3 Å². The minimum atomic E-state index is 0.583. The fourth-order valence-corrected chi connectivity index (χ4v) is 2.91. The van der Waals surface area contributed by atoms with Crippen molar-refractivity contribution in [3.05, 3.63) is 17.4 Å². The quantitative estimate of drug-likeness (QED) is 0.897. The second-order valence-electron chi connectivity index (χ2n) is 5.22. The van der Waals surface area contributed by atoms with Gasteiger partial charge in [0.15, 0.2) is 0 Å². The van der Waals surface area contributed by atoms with Gasteiger partial charge in [-0.15, -0.1) is 0 Å². The second kappa shape index (κ2) is 7.76. The van der Waals surface area contributed by atoms with Gasteiger partial charge in [-0.1, -0.05) is 18.5 Å². The molecule has 1 aliphatic heterocycles. The van der Waals surface area contributed by atoms with Crippen LogP contribution in [-0.2, 0) is 0 Å². The van der Waals surface area contributed by atoms with Crippen LogP contribution in [-0.4, -0.2) is 53.6 Å². The summed E-state index contributed by atoms with van der Waals surface area (Å²) in [6.07, 6.45) is 6.70. The molecule has 1 unspecified atom stereocenters. The van der Waals surface area contributed by atoms with Gasteiger partial charge < -0.3 is 10.6 Å². The van der Waals surface area contributed by atoms with Gasteiger partial charge in [0, 0.05) is 32.2 Å². The minimum absolute atomic E-state index is 0.583. The summed E-state index contributed by atoms with van der Waals surface area (Å²) in [5, 5.41) is 0.583. The molecule has 1 aliphatic rings. The van der Waals surface area contributed by atoms with E-state index in [1.165, 1.54) is 0 Å². The van der Waals surface area contributed by atoms with E-state index in [1.807, 2.05) is 0 Å². The highest BCUT2D eigenvalue weighted by Gasteiger charge is 2.21. The molecule has 2 N–H and O–H groups in total. The number of nitrogens with zero attached hydrogens (tertiary/aromatic N) is 4. The Morgan fingerprint density at radius 1 is 1.25 bits per heavy atom. The largest absolute Gasteiger partial charge is 0.339 e. The third-order valence-electron chi connectivity index (χ3n) is 3.91. The first-order valence-electron chi connectivity index (χ1n) is 7.41. The second-order valence-corrected chi connectivity index (χ2v) is 5.65. The highest BCUT2D eigenvalue weighted by atomic mass is 35.5. The number of halogens is 1. The maximum absolute atomic E-state index is 5.84. The number of hydrogen-bond acceptors (Lipinski definition) is 5. The van der Waals surface area contributed by atoms with Crippen LogP contribution in [0.5, 0.6) is 0 Å². The normalized spacial score (nSPS) is 18.9. The molecule has 5 nitrogen and oxygen atoms in total. The summed E-state index contributed by atoms with van der Waals surface area (Å²) < 4.78 is 0. The van der Waals surface area contributed by atoms with Crippen molar-refractivity contribution in [2.75, 3.05) is 37.6 Å². The van der Waals surface area contributed by atoms with E-state index in [-0.39, 0.29) is 0 Å². The molecule has 2 rings (SSSR count). The SMILES string of the molecule is CCC(CCN)N1CCCN(c2ncc(Cl)cn2)CC1. The van der Waals surface area contributed by atoms with Crippen molar-refractivity contribution in [3.63, 3.8) is 0 Å². The molecular weight excluding hydrogens is 274 g/mol. The van der Waals surface area contributed by atoms with Gasteiger partial charge in [-0.2, -0.15) is 0 Å². The summed E-state index contributed by atoms with van der Waals surface area (Å²) in [4.78, 5) is 13.4. The van der Waals surface area contributed by atoms with Crippen LogP contribution < -0.4 is 10.6 Å². The number of aromatic nitrogens is 2. The smallest absolute Gasteiger partial charge is 0.225 e. The Balaban J connectivity index is 1.96. The van der Waals surface area contributed by atoms with Gasteiger partial charge in [0.25, 0.3) is 0 Å². The monoisotopic (exact) mass is 297 g/mol. The van der Waals surface area contributed by atoms with Crippen molar-refractivity contribution in [1.29, 1.82) is 0 Å². The zero-order chi connectivity index (χ0) is 14.4. The summed E-state index contributed by atoms with van der Waals surface area (Å²) in [5.74, 6) is 0.781. The van der Waals surface area contributed by atoms with Gasteiger partial charge in [-0.05, 0) is 25.8 Å². The van der Waals surface area contributed by atoms with Crippen LogP contribution in [0, 0.1) is 0 Å². The summed E-state index contributed by atoms with van der Waals surface area (Å²) in [6.45, 7) is 7.14. The molecule has 0 saturated carbocycles. The van der Waals surface area contributed by atoms with E-state index >= 15 is 0 Å². The fraction of sp³-hybridized carbons (Fsp3) is 0.714. The molecule has 1 saturated heterocycles. The molecule has 0 spiro atoms. The van der Waals surface area contributed by atoms with Crippen LogP contribution in [0.2, 0.25) is 5.02 Å². The van der Waals surface area contributed by atoms with Crippen molar-refractivity contribution in [2.24, 2.45) is 5.73 Å². The molecule has 1 atom stereocenters. The van der Waals surface area contributed by atoms with Crippen molar-refractivity contribution in [1.82, 2.24) is 14.9 Å². The predicted octanol–water partition coefficient (Wildman–Crippen LogP) is 1.77. The highest BCUT2D eigenvalue weighted by molar-refractivity contribution is 6.30. The lowest BCUT2D eigenvalue weighted by atomic mass is 10.1. The Hall–Kier alpha value is -0.910. The molecule has 0 amide bonds. The van der Waals surface area contributed by atoms with Gasteiger partial charge in [0.05, 0.1) is 17.4 Å². The topological polar surface area (TPSA) is 58.3 Å². The van der Waals surface area contributed by atoms with Crippen molar-refractivity contribution in [2.45, 2.75) is 32.2 Å². The third-order valence-corrected chi connectivity index (χ3v) is 4.10. The summed E-state index contributed by atoms with van der Waals surface area (Å²) in [7, 11) is 0. The molecule has 1 fully saturated rings. The maximum atomic E-state index is 5.84. The van der Waals surface area contributed by atoms with Crippen LogP contribution in [0.15, 0.2) is 12.4 Å². The Labute approximate surface area is 126 Å². The van der Waals surface area contributed by atoms with Gasteiger partial charge in [-0.25, -0.2) is 9.97 Å². The predicted molar refractivity (Wildman–Crippen MR) is 83.2 cm³/mol. The Morgan fingerprint density at radius 2 is 2.00 bits per heavy atom. The van der Waals surface area contributed by atoms with E-state index in [9.17, 15) is 0 Å². The molecular formula is C14H24ClN5. The van der Waals surface area contributed by atoms with E-state index in [0.29, 0.717) is 11.1 Å². The molecule has 1 aromatic rings. The molecule has 112 valence electrons. The van der Waals surface area contributed by atoms with Crippen molar-refractivity contribution >= 4 is 17.5 Å². The Kier molecular flexibility index (Phi) is 6.01.